The standard InChI is InChI=1S/C28H28N2O2.C3H5.Co.O/c1-27(2)19-11-7-9-13-21(19)29(5)23(27)15-17-25(31)18(26(17)32)16-24-28(3,4)20-12-8-10-14-22(20)30(24)6;1-3-2;;/h7,9-16,31H,1-6H3;1H2,2H3;;/q;-1;;. The van der Waals surface area contributed by atoms with Crippen LogP contribution in [-0.4, -0.2) is 35.3 Å². The summed E-state index contributed by atoms with van der Waals surface area (Å²) in [7, 11) is 4.01. The molecule has 0 radical (unpaired) electrons. The summed E-state index contributed by atoms with van der Waals surface area (Å²) in [4.78, 5) is 15.3. The molecule has 2 heterocycles. The van der Waals surface area contributed by atoms with Crippen molar-refractivity contribution in [2.24, 2.45) is 0 Å². The van der Waals surface area contributed by atoms with Crippen LogP contribution in [0.2, 0.25) is 0 Å². The third-order valence-corrected chi connectivity index (χ3v) is 7.38. The number of carbonyl (C=O) groups is 1. The van der Waals surface area contributed by atoms with E-state index in [4.69, 9.17) is 3.87 Å². The summed E-state index contributed by atoms with van der Waals surface area (Å²) in [5, 5.41) is 10.9. The van der Waals surface area contributed by atoms with Crippen LogP contribution in [0.1, 0.15) is 45.7 Å². The molecule has 0 aromatic heterocycles. The summed E-state index contributed by atoms with van der Waals surface area (Å²) in [6.07, 6.45) is 6.20. The van der Waals surface area contributed by atoms with Crippen LogP contribution in [0, 0.1) is 12.1 Å². The second kappa shape index (κ2) is 10.6. The molecule has 0 spiro atoms. The van der Waals surface area contributed by atoms with Gasteiger partial charge in [0.1, 0.15) is 18.5 Å². The average molecular weight is 541 g/mol. The number of allylic oxidation sites excluding steroid dienone is 6. The van der Waals surface area contributed by atoms with E-state index in [2.05, 4.69) is 83.7 Å². The summed E-state index contributed by atoms with van der Waals surface area (Å²) in [6.45, 7) is 13.6. The Hall–Kier alpha value is -3.35. The molecular weight excluding hydrogens is 507 g/mol. The molecule has 195 valence electrons. The molecule has 0 bridgehead atoms. The number of aliphatic hydroxyl groups excluding tert-OH is 1. The number of fused-ring (bicyclic) bond motifs is 2. The van der Waals surface area contributed by atoms with Gasteiger partial charge in [0.25, 0.3) is 0 Å². The quantitative estimate of drug-likeness (QED) is 0.289. The van der Waals surface area contributed by atoms with Gasteiger partial charge in [-0.15, -0.1) is 6.07 Å². The molecular formula is C31H33CoN2O3-. The van der Waals surface area contributed by atoms with Crippen LogP contribution >= 0.6 is 0 Å². The molecule has 0 unspecified atom stereocenters. The Kier molecular flexibility index (Phi) is 8.05. The van der Waals surface area contributed by atoms with E-state index in [1.165, 1.54) is 11.1 Å². The van der Waals surface area contributed by atoms with Gasteiger partial charge in [-0.1, -0.05) is 51.5 Å². The zero-order chi connectivity index (χ0) is 27.7. The summed E-state index contributed by atoms with van der Waals surface area (Å²) < 4.78 is 10.0. The molecule has 2 aromatic rings. The van der Waals surface area contributed by atoms with E-state index in [1.807, 2.05) is 56.6 Å². The molecule has 1 N–H and O–H groups in total. The zero-order valence-electron chi connectivity index (χ0n) is 22.4. The van der Waals surface area contributed by atoms with E-state index in [0.717, 1.165) is 22.8 Å². The number of aliphatic hydroxyl groups is 1. The van der Waals surface area contributed by atoms with Gasteiger partial charge >= 0.3 is 19.5 Å². The Morgan fingerprint density at radius 1 is 1.08 bits per heavy atom. The fraction of sp³-hybridized carbons (Fsp3) is 0.290. The van der Waals surface area contributed by atoms with Crippen molar-refractivity contribution in [2.75, 3.05) is 19.0 Å². The van der Waals surface area contributed by atoms with Crippen molar-refractivity contribution in [3.63, 3.8) is 0 Å². The van der Waals surface area contributed by atoms with Crippen molar-refractivity contribution in [1.29, 1.82) is 0 Å². The number of rotatable bonds is 2. The molecule has 0 saturated heterocycles. The van der Waals surface area contributed by atoms with Crippen LogP contribution in [0.25, 0.3) is 0 Å². The van der Waals surface area contributed by atoms with Gasteiger partial charge in [0.05, 0.1) is 11.1 Å². The number of para-hydroxylation sites is 1. The second-order valence-corrected chi connectivity index (χ2v) is 10.2. The predicted octanol–water partition coefficient (Wildman–Crippen LogP) is 6.00. The first-order valence-corrected chi connectivity index (χ1v) is 12.4. The van der Waals surface area contributed by atoms with Gasteiger partial charge in [0.2, 0.25) is 5.78 Å². The first-order chi connectivity index (χ1) is 17.5. The van der Waals surface area contributed by atoms with E-state index in [1.54, 1.807) is 6.92 Å². The molecule has 0 fully saturated rings. The second-order valence-electron chi connectivity index (χ2n) is 10.2. The van der Waals surface area contributed by atoms with Gasteiger partial charge in [-0.25, -0.2) is 4.58 Å². The average Bonchev–Trinajstić information content (AvgIpc) is 3.20. The van der Waals surface area contributed by atoms with Crippen LogP contribution < -0.4 is 4.90 Å². The molecule has 1 aliphatic carbocycles. The molecule has 3 aliphatic rings. The van der Waals surface area contributed by atoms with Gasteiger partial charge in [-0.05, 0) is 17.7 Å². The minimum atomic E-state index is -0.279. The number of ketones is 1. The van der Waals surface area contributed by atoms with E-state index in [9.17, 15) is 9.90 Å². The van der Waals surface area contributed by atoms with Crippen LogP contribution in [0.4, 0.5) is 11.4 Å². The van der Waals surface area contributed by atoms with E-state index in [0.29, 0.717) is 11.1 Å². The van der Waals surface area contributed by atoms with Crippen molar-refractivity contribution in [3.05, 3.63) is 107 Å². The minimum absolute atomic E-state index is 0.0712. The number of hydrogen-bond donors (Lipinski definition) is 1. The van der Waals surface area contributed by atoms with Gasteiger partial charge in [-0.3, -0.25) is 11.4 Å². The van der Waals surface area contributed by atoms with E-state index in [-0.39, 0.29) is 22.4 Å². The molecule has 2 aromatic carbocycles. The van der Waals surface area contributed by atoms with Gasteiger partial charge in [-0.2, -0.15) is 25.1 Å². The number of anilines is 1. The predicted molar refractivity (Wildman–Crippen MR) is 143 cm³/mol. The Morgan fingerprint density at radius 3 is 2.27 bits per heavy atom. The third kappa shape index (κ3) is 4.49. The number of carbonyl (C=O) groups excluding carboxylic acids is 1. The van der Waals surface area contributed by atoms with Crippen molar-refractivity contribution in [1.82, 2.24) is 0 Å². The molecule has 37 heavy (non-hydrogen) atoms. The number of hydrogen-bond acceptors (Lipinski definition) is 4. The maximum absolute atomic E-state index is 13.1. The van der Waals surface area contributed by atoms with E-state index < -0.39 is 0 Å². The van der Waals surface area contributed by atoms with Crippen molar-refractivity contribution in [2.45, 2.75) is 45.4 Å². The SMILES string of the molecule is C=[C-]C.CN1C(=CC2=C(O)C(=CC3=[N+](C)c4cc[c-]cc4C3(C)C)C2=O)C(C)(C)c2ccccc21.[O]=[Co]. The molecule has 2 aliphatic heterocycles. The van der Waals surface area contributed by atoms with Gasteiger partial charge in [0.15, 0.2) is 5.71 Å². The van der Waals surface area contributed by atoms with Crippen molar-refractivity contribution in [3.8, 4) is 0 Å². The molecule has 6 heteroatoms. The molecule has 0 amide bonds. The third-order valence-electron chi connectivity index (χ3n) is 7.38. The maximum atomic E-state index is 13.1. The van der Waals surface area contributed by atoms with Gasteiger partial charge in [0, 0.05) is 35.3 Å². The van der Waals surface area contributed by atoms with Crippen LogP contribution in [0.3, 0.4) is 0 Å². The topological polar surface area (TPSA) is 60.6 Å². The summed E-state index contributed by atoms with van der Waals surface area (Å²) in [5.41, 5.74) is 6.83. The fourth-order valence-corrected chi connectivity index (χ4v) is 5.42. The summed E-state index contributed by atoms with van der Waals surface area (Å²) >= 11 is 2.31. The van der Waals surface area contributed by atoms with Crippen LogP contribution in [0.15, 0.2) is 83.8 Å². The van der Waals surface area contributed by atoms with Gasteiger partial charge < -0.3 is 16.1 Å². The summed E-state index contributed by atoms with van der Waals surface area (Å²) in [6, 6.07) is 17.4. The number of Topliss-reactive ketones (excluding diaryl/α,β-unsaturated/α-hetero) is 1. The normalized spacial score (nSPS) is 20.5. The fourth-order valence-electron chi connectivity index (χ4n) is 5.42. The van der Waals surface area contributed by atoms with Crippen LogP contribution in [-0.2, 0) is 35.2 Å². The Labute approximate surface area is 228 Å². The number of benzene rings is 2. The zero-order valence-corrected chi connectivity index (χ0v) is 23.4. The Balaban J connectivity index is 0.000000711. The van der Waals surface area contributed by atoms with E-state index >= 15 is 0 Å². The monoisotopic (exact) mass is 540 g/mol. The first-order valence-electron chi connectivity index (χ1n) is 11.9. The number of likely N-dealkylation sites (N-methyl/N-ethyl adjacent to an activating group) is 1. The molecule has 5 rings (SSSR count). The summed E-state index contributed by atoms with van der Waals surface area (Å²) in [5.74, 6) is -0.0451. The number of nitrogens with zero attached hydrogens (tertiary/aromatic N) is 2. The molecule has 0 saturated carbocycles. The van der Waals surface area contributed by atoms with Crippen molar-refractivity contribution >= 4 is 22.9 Å². The van der Waals surface area contributed by atoms with Crippen LogP contribution in [0.5, 0.6) is 0 Å². The molecule has 0 atom stereocenters. The Bertz CT molecular complexity index is 1390. The first kappa shape index (κ1) is 28.2. The Morgan fingerprint density at radius 2 is 1.70 bits per heavy atom. The van der Waals surface area contributed by atoms with Crippen molar-refractivity contribution < 1.29 is 34.0 Å². The molecule has 5 nitrogen and oxygen atoms in total.